The van der Waals surface area contributed by atoms with Gasteiger partial charge < -0.3 is 19.6 Å². The maximum absolute atomic E-state index is 4.88. The number of rotatable bonds is 8. The number of aliphatic imine (C=N–C) groups is 2. The van der Waals surface area contributed by atoms with E-state index in [4.69, 9.17) is 9.98 Å². The van der Waals surface area contributed by atoms with Gasteiger partial charge in [0.1, 0.15) is 0 Å². The SMILES string of the molecule is C[N+](C)(C)CCCC1=CNc2ccccc2N=CC(CCC[N+](C)(C)C)=CNc2ccccc2N=C1. The molecule has 6 heteroatoms. The van der Waals surface area contributed by atoms with Gasteiger partial charge in [0.2, 0.25) is 0 Å². The van der Waals surface area contributed by atoms with E-state index in [9.17, 15) is 0 Å². The highest BCUT2D eigenvalue weighted by atomic mass is 15.3. The Morgan fingerprint density at radius 3 is 1.36 bits per heavy atom. The molecule has 0 unspecified atom stereocenters. The lowest BCUT2D eigenvalue weighted by molar-refractivity contribution is -0.870. The van der Waals surface area contributed by atoms with Crippen LogP contribution in [-0.2, 0) is 0 Å². The van der Waals surface area contributed by atoms with Crippen LogP contribution in [0.5, 0.6) is 0 Å². The predicted molar refractivity (Wildman–Crippen MR) is 157 cm³/mol. The average Bonchev–Trinajstić information content (AvgIpc) is 2.81. The molecule has 0 atom stereocenters. The number of para-hydroxylation sites is 4. The molecule has 1 aliphatic heterocycles. The highest BCUT2D eigenvalue weighted by molar-refractivity contribution is 5.87. The summed E-state index contributed by atoms with van der Waals surface area (Å²) in [4.78, 5) is 9.76. The van der Waals surface area contributed by atoms with E-state index in [0.717, 1.165) is 81.6 Å². The zero-order valence-corrected chi connectivity index (χ0v) is 23.0. The summed E-state index contributed by atoms with van der Waals surface area (Å²) in [5.74, 6) is 0. The summed E-state index contributed by atoms with van der Waals surface area (Å²) >= 11 is 0. The number of anilines is 2. The lowest BCUT2D eigenvalue weighted by Crippen LogP contribution is -2.35. The van der Waals surface area contributed by atoms with Gasteiger partial charge in [-0.1, -0.05) is 24.3 Å². The Bertz CT molecular complexity index is 1020. The third kappa shape index (κ3) is 9.80. The van der Waals surface area contributed by atoms with Crippen molar-refractivity contribution in [3.05, 3.63) is 72.1 Å². The van der Waals surface area contributed by atoms with Crippen molar-refractivity contribution in [1.29, 1.82) is 0 Å². The van der Waals surface area contributed by atoms with Crippen molar-refractivity contribution in [3.63, 3.8) is 0 Å². The van der Waals surface area contributed by atoms with Gasteiger partial charge >= 0.3 is 0 Å². The first kappa shape index (κ1) is 27.4. The second-order valence-corrected chi connectivity index (χ2v) is 11.5. The third-order valence-electron chi connectivity index (χ3n) is 5.96. The summed E-state index contributed by atoms with van der Waals surface area (Å²) in [6.45, 7) is 2.21. The molecule has 0 bridgehead atoms. The minimum atomic E-state index is 0.923. The van der Waals surface area contributed by atoms with Gasteiger partial charge in [0.05, 0.1) is 78.1 Å². The fourth-order valence-corrected chi connectivity index (χ4v) is 3.93. The molecule has 1 aliphatic rings. The van der Waals surface area contributed by atoms with Crippen LogP contribution in [0.25, 0.3) is 0 Å². The lowest BCUT2D eigenvalue weighted by atomic mass is 10.1. The van der Waals surface area contributed by atoms with Crippen LogP contribution in [0.4, 0.5) is 22.7 Å². The second kappa shape index (κ2) is 12.7. The van der Waals surface area contributed by atoms with Crippen LogP contribution in [0.3, 0.4) is 0 Å². The fraction of sp³-hybridized carbons (Fsp3) is 0.400. The molecule has 36 heavy (non-hydrogen) atoms. The Labute approximate surface area is 218 Å². The highest BCUT2D eigenvalue weighted by Crippen LogP contribution is 2.27. The van der Waals surface area contributed by atoms with Crippen LogP contribution in [-0.4, -0.2) is 76.8 Å². The summed E-state index contributed by atoms with van der Waals surface area (Å²) < 4.78 is 1.90. The van der Waals surface area contributed by atoms with Crippen LogP contribution in [0.2, 0.25) is 0 Å². The Morgan fingerprint density at radius 2 is 0.972 bits per heavy atom. The Morgan fingerprint density at radius 1 is 0.583 bits per heavy atom. The molecular weight excluding hydrogens is 444 g/mol. The topological polar surface area (TPSA) is 48.8 Å². The summed E-state index contributed by atoms with van der Waals surface area (Å²) in [7, 11) is 13.4. The molecule has 2 N–H and O–H groups in total. The predicted octanol–water partition coefficient (Wildman–Crippen LogP) is 6.37. The first-order valence-electron chi connectivity index (χ1n) is 12.9. The number of fused-ring (bicyclic) bond motifs is 2. The van der Waals surface area contributed by atoms with E-state index >= 15 is 0 Å². The van der Waals surface area contributed by atoms with Crippen molar-refractivity contribution in [1.82, 2.24) is 0 Å². The first-order valence-corrected chi connectivity index (χ1v) is 12.9. The molecule has 0 aromatic heterocycles. The number of allylic oxidation sites excluding steroid dienone is 2. The molecule has 0 amide bonds. The normalized spacial score (nSPS) is 14.5. The Hall–Kier alpha value is -3.22. The van der Waals surface area contributed by atoms with E-state index in [1.807, 2.05) is 36.7 Å². The molecule has 0 radical (unpaired) electrons. The molecule has 0 spiro atoms. The van der Waals surface area contributed by atoms with Gasteiger partial charge in [-0.25, -0.2) is 0 Å². The number of nitrogens with one attached hydrogen (secondary N) is 2. The second-order valence-electron chi connectivity index (χ2n) is 11.5. The number of quaternary nitrogens is 2. The highest BCUT2D eigenvalue weighted by Gasteiger charge is 2.09. The zero-order valence-electron chi connectivity index (χ0n) is 23.0. The number of nitrogens with zero attached hydrogens (tertiary/aromatic N) is 4. The fourth-order valence-electron chi connectivity index (χ4n) is 3.93. The molecule has 6 nitrogen and oxygen atoms in total. The molecule has 0 fully saturated rings. The van der Waals surface area contributed by atoms with Crippen molar-refractivity contribution in [2.45, 2.75) is 25.7 Å². The quantitative estimate of drug-likeness (QED) is 0.424. The molecule has 3 rings (SSSR count). The molecule has 0 saturated heterocycles. The third-order valence-corrected chi connectivity index (χ3v) is 5.96. The van der Waals surface area contributed by atoms with E-state index in [1.54, 1.807) is 0 Å². The molecule has 1 heterocycles. The van der Waals surface area contributed by atoms with Gasteiger partial charge in [-0.05, 0) is 48.3 Å². The summed E-state index contributed by atoms with van der Waals surface area (Å²) in [6.07, 6.45) is 12.2. The van der Waals surface area contributed by atoms with Gasteiger partial charge in [0, 0.05) is 37.7 Å². The van der Waals surface area contributed by atoms with Crippen molar-refractivity contribution in [2.24, 2.45) is 9.98 Å². The molecule has 0 saturated carbocycles. The van der Waals surface area contributed by atoms with E-state index < -0.39 is 0 Å². The van der Waals surface area contributed by atoms with Crippen LogP contribution >= 0.6 is 0 Å². The lowest BCUT2D eigenvalue weighted by Gasteiger charge is -2.23. The van der Waals surface area contributed by atoms with E-state index in [0.29, 0.717) is 0 Å². The number of benzene rings is 2. The molecule has 192 valence electrons. The van der Waals surface area contributed by atoms with Gasteiger partial charge in [-0.3, -0.25) is 9.98 Å². The van der Waals surface area contributed by atoms with Crippen LogP contribution in [0.15, 0.2) is 82.1 Å². The molecule has 0 aliphatic carbocycles. The average molecular weight is 489 g/mol. The van der Waals surface area contributed by atoms with Crippen LogP contribution in [0, 0.1) is 0 Å². The van der Waals surface area contributed by atoms with Crippen molar-refractivity contribution in [3.8, 4) is 0 Å². The first-order chi connectivity index (χ1) is 17.1. The zero-order chi connectivity index (χ0) is 26.0. The van der Waals surface area contributed by atoms with E-state index in [2.05, 4.69) is 89.6 Å². The van der Waals surface area contributed by atoms with E-state index in [-0.39, 0.29) is 0 Å². The maximum Gasteiger partial charge on any atom is 0.0864 e. The number of hydrogen-bond acceptors (Lipinski definition) is 4. The van der Waals surface area contributed by atoms with Crippen molar-refractivity contribution in [2.75, 3.05) is 66.0 Å². The van der Waals surface area contributed by atoms with Crippen molar-refractivity contribution >= 4 is 35.2 Å². The summed E-state index contributed by atoms with van der Waals surface area (Å²) in [6, 6.07) is 16.4. The van der Waals surface area contributed by atoms with Crippen LogP contribution < -0.4 is 10.6 Å². The summed E-state index contributed by atoms with van der Waals surface area (Å²) in [5, 5.41) is 7.01. The molecule has 2 aromatic rings. The van der Waals surface area contributed by atoms with Crippen molar-refractivity contribution < 1.29 is 8.97 Å². The van der Waals surface area contributed by atoms with Gasteiger partial charge in [0.15, 0.2) is 0 Å². The van der Waals surface area contributed by atoms with Gasteiger partial charge in [0.25, 0.3) is 0 Å². The minimum Gasteiger partial charge on any atom is -0.360 e. The van der Waals surface area contributed by atoms with Gasteiger partial charge in [-0.15, -0.1) is 0 Å². The Balaban J connectivity index is 1.93. The maximum atomic E-state index is 4.88. The number of hydrogen-bond donors (Lipinski definition) is 2. The van der Waals surface area contributed by atoms with Crippen LogP contribution in [0.1, 0.15) is 25.7 Å². The Kier molecular flexibility index (Phi) is 9.62. The van der Waals surface area contributed by atoms with E-state index in [1.165, 1.54) is 0 Å². The summed E-state index contributed by atoms with van der Waals surface area (Å²) in [5.41, 5.74) is 6.14. The monoisotopic (exact) mass is 488 g/mol. The molecular formula is C30H44N6+2. The largest absolute Gasteiger partial charge is 0.360 e. The van der Waals surface area contributed by atoms with Gasteiger partial charge in [-0.2, -0.15) is 0 Å². The minimum absolute atomic E-state index is 0.923. The molecule has 2 aromatic carbocycles. The smallest absolute Gasteiger partial charge is 0.0864 e. The standard InChI is InChI=1S/C30H44N6/c1-35(2,3)19-11-13-25-21-31-27-15-7-9-17-29(27)33-23-26(14-12-20-36(4,5)6)24-34-30-18-10-8-16-28(30)32-22-25/h7-10,15-18,21-24,31,34H,11-14,19-20H2,1-6H3/q+2.